The van der Waals surface area contributed by atoms with E-state index in [-0.39, 0.29) is 56.7 Å². The third-order valence-corrected chi connectivity index (χ3v) is 14.2. The molecular weight excluding hydrogens is 1020 g/mol. The van der Waals surface area contributed by atoms with E-state index in [4.69, 9.17) is 47.4 Å². The number of hydrogen-bond donors (Lipinski definition) is 0. The van der Waals surface area contributed by atoms with E-state index >= 15 is 4.79 Å². The Balaban J connectivity index is 1.00. The molecular formula is C70H64O11. The van der Waals surface area contributed by atoms with E-state index in [1.807, 2.05) is 237 Å². The van der Waals surface area contributed by atoms with Crippen molar-refractivity contribution in [1.29, 1.82) is 0 Å². The van der Waals surface area contributed by atoms with Gasteiger partial charge in [-0.15, -0.1) is 0 Å². The Hall–Kier alpha value is -8.55. The second-order valence-electron chi connectivity index (χ2n) is 20.1. The summed E-state index contributed by atoms with van der Waals surface area (Å²) in [5.74, 6) is 1.51. The molecule has 11 heteroatoms. The van der Waals surface area contributed by atoms with Gasteiger partial charge < -0.3 is 47.4 Å². The summed E-state index contributed by atoms with van der Waals surface area (Å²) >= 11 is 0. The Labute approximate surface area is 473 Å². The van der Waals surface area contributed by atoms with Crippen molar-refractivity contribution in [3.8, 4) is 28.7 Å². The Morgan fingerprint density at radius 3 is 1.25 bits per heavy atom. The molecule has 0 amide bonds. The molecule has 11 rings (SSSR count). The lowest BCUT2D eigenvalue weighted by molar-refractivity contribution is -0.328. The second-order valence-corrected chi connectivity index (χ2v) is 20.1. The van der Waals surface area contributed by atoms with Gasteiger partial charge in [0, 0.05) is 12.1 Å². The molecule has 1 saturated heterocycles. The number of carbonyl (C=O) groups excluding carboxylic acids is 1. The number of ether oxygens (including phenoxy) is 10. The normalized spacial score (nSPS) is 19.4. The molecule has 11 nitrogen and oxygen atoms in total. The summed E-state index contributed by atoms with van der Waals surface area (Å²) in [5, 5.41) is 0. The molecule has 0 saturated carbocycles. The maximum atomic E-state index is 16.1. The maximum Gasteiger partial charge on any atom is 0.203 e. The maximum absolute atomic E-state index is 16.1. The number of carbonyl (C=O) groups is 1. The van der Waals surface area contributed by atoms with E-state index in [1.165, 1.54) is 0 Å². The molecule has 2 heterocycles. The van der Waals surface area contributed by atoms with Gasteiger partial charge in [0.15, 0.2) is 30.0 Å². The number of fused-ring (bicyclic) bond motifs is 1. The third-order valence-electron chi connectivity index (χ3n) is 14.2. The van der Waals surface area contributed by atoms with Crippen LogP contribution in [0.15, 0.2) is 243 Å². The molecule has 410 valence electrons. The number of benzene rings is 9. The van der Waals surface area contributed by atoms with Crippen molar-refractivity contribution in [2.45, 2.75) is 96.1 Å². The monoisotopic (exact) mass is 1080 g/mol. The van der Waals surface area contributed by atoms with Crippen molar-refractivity contribution in [2.24, 2.45) is 0 Å². The van der Waals surface area contributed by atoms with Crippen molar-refractivity contribution in [2.75, 3.05) is 0 Å². The Bertz CT molecular complexity index is 3370. The number of hydrogen-bond acceptors (Lipinski definition) is 11. The van der Waals surface area contributed by atoms with Gasteiger partial charge in [-0.1, -0.05) is 218 Å². The Kier molecular flexibility index (Phi) is 18.2. The molecule has 0 aromatic heterocycles. The minimum atomic E-state index is -1.36. The molecule has 7 atom stereocenters. The minimum Gasteiger partial charge on any atom is -0.489 e. The van der Waals surface area contributed by atoms with Crippen LogP contribution in [-0.2, 0) is 69.9 Å². The van der Waals surface area contributed by atoms with Crippen LogP contribution in [0.5, 0.6) is 28.7 Å². The largest absolute Gasteiger partial charge is 0.489 e. The molecule has 9 aromatic rings. The van der Waals surface area contributed by atoms with Crippen LogP contribution in [0.3, 0.4) is 0 Å². The first-order valence-electron chi connectivity index (χ1n) is 27.4. The lowest BCUT2D eigenvalue weighted by Gasteiger charge is -2.46. The molecule has 0 N–H and O–H groups in total. The molecule has 2 aliphatic heterocycles. The van der Waals surface area contributed by atoms with Crippen molar-refractivity contribution in [3.63, 3.8) is 0 Å². The van der Waals surface area contributed by atoms with Crippen LogP contribution >= 0.6 is 0 Å². The van der Waals surface area contributed by atoms with Crippen molar-refractivity contribution in [1.82, 2.24) is 0 Å². The molecule has 0 bridgehead atoms. The molecule has 9 aromatic carbocycles. The highest BCUT2D eigenvalue weighted by Crippen LogP contribution is 2.46. The minimum absolute atomic E-state index is 0.160. The van der Waals surface area contributed by atoms with Crippen LogP contribution in [-0.4, -0.2) is 42.6 Å². The smallest absolute Gasteiger partial charge is 0.203 e. The van der Waals surface area contributed by atoms with Gasteiger partial charge in [-0.25, -0.2) is 0 Å². The SMILES string of the molecule is CC1O[C@@H](O[C@H]2C(=O)c3c(OCc4ccccc4)cc(OCc4ccccc4)cc3O[C@@H]2c2ccc(OCc3ccccc3)c(OCc3ccccc3)c2)C(OCc2ccccc2)[C@@H](OCc2ccccc2)[C@@H]1OCc1ccccc1. The summed E-state index contributed by atoms with van der Waals surface area (Å²) in [4.78, 5) is 16.1. The van der Waals surface area contributed by atoms with Crippen LogP contribution < -0.4 is 23.7 Å². The highest BCUT2D eigenvalue weighted by molar-refractivity contribution is 6.06. The van der Waals surface area contributed by atoms with Crippen LogP contribution in [0, 0.1) is 0 Å². The average Bonchev–Trinajstić information content (AvgIpc) is 3.61. The van der Waals surface area contributed by atoms with Gasteiger partial charge in [-0.2, -0.15) is 0 Å². The molecule has 81 heavy (non-hydrogen) atoms. The summed E-state index contributed by atoms with van der Waals surface area (Å²) in [5.41, 5.74) is 7.45. The highest BCUT2D eigenvalue weighted by Gasteiger charge is 2.51. The number of rotatable bonds is 24. The van der Waals surface area contributed by atoms with Crippen LogP contribution in [0.4, 0.5) is 0 Å². The summed E-state index contributed by atoms with van der Waals surface area (Å²) in [6, 6.07) is 78.4. The quantitative estimate of drug-likeness (QED) is 0.0577. The van der Waals surface area contributed by atoms with E-state index in [1.54, 1.807) is 12.1 Å². The third kappa shape index (κ3) is 14.3. The summed E-state index contributed by atoms with van der Waals surface area (Å²) in [6.07, 6.45) is -6.61. The fourth-order valence-corrected chi connectivity index (χ4v) is 9.96. The van der Waals surface area contributed by atoms with Gasteiger partial charge in [0.25, 0.3) is 0 Å². The zero-order valence-electron chi connectivity index (χ0n) is 45.1. The van der Waals surface area contributed by atoms with Gasteiger partial charge in [0.2, 0.25) is 5.78 Å². The van der Waals surface area contributed by atoms with Crippen molar-refractivity contribution in [3.05, 3.63) is 293 Å². The van der Waals surface area contributed by atoms with Crippen LogP contribution in [0.25, 0.3) is 0 Å². The lowest BCUT2D eigenvalue weighted by Crippen LogP contribution is -2.61. The van der Waals surface area contributed by atoms with Gasteiger partial charge in [-0.3, -0.25) is 4.79 Å². The first-order chi connectivity index (χ1) is 40.0. The Morgan fingerprint density at radius 2 is 0.778 bits per heavy atom. The fourth-order valence-electron chi connectivity index (χ4n) is 9.96. The Morgan fingerprint density at radius 1 is 0.383 bits per heavy atom. The van der Waals surface area contributed by atoms with E-state index < -0.39 is 48.7 Å². The zero-order valence-corrected chi connectivity index (χ0v) is 45.1. The number of Topliss-reactive ketones (excluding diaryl/α,β-unsaturated/α-hetero) is 1. The summed E-state index contributed by atoms with van der Waals surface area (Å²) in [6.45, 7) is 3.60. The molecule has 0 spiro atoms. The zero-order chi connectivity index (χ0) is 55.0. The van der Waals surface area contributed by atoms with Crippen molar-refractivity contribution >= 4 is 5.78 Å². The van der Waals surface area contributed by atoms with E-state index in [9.17, 15) is 0 Å². The summed E-state index contributed by atoms with van der Waals surface area (Å²) in [7, 11) is 0. The van der Waals surface area contributed by atoms with Gasteiger partial charge in [0.1, 0.15) is 67.6 Å². The fraction of sp³-hybridized carbons (Fsp3) is 0.214. The highest BCUT2D eigenvalue weighted by atomic mass is 16.7. The molecule has 2 aliphatic rings. The number of ketones is 1. The molecule has 2 unspecified atom stereocenters. The first kappa shape index (κ1) is 54.4. The van der Waals surface area contributed by atoms with E-state index in [0.29, 0.717) is 29.4 Å². The molecule has 1 fully saturated rings. The summed E-state index contributed by atoms with van der Waals surface area (Å²) < 4.78 is 68.4. The predicted molar refractivity (Wildman–Crippen MR) is 308 cm³/mol. The topological polar surface area (TPSA) is 109 Å². The second kappa shape index (κ2) is 27.1. The lowest BCUT2D eigenvalue weighted by atomic mass is 9.91. The predicted octanol–water partition coefficient (Wildman–Crippen LogP) is 14.2. The van der Waals surface area contributed by atoms with Gasteiger partial charge in [0.05, 0.1) is 25.9 Å². The van der Waals surface area contributed by atoms with E-state index in [0.717, 1.165) is 38.9 Å². The standard InChI is InChI=1S/C70H64O11/c1-49-65(76-46-54-31-17-6-18-32-54)68(77-47-55-33-19-7-20-34-55)69(78-48-56-35-21-8-22-36-56)70(79-49)81-67-64(71)63-61(75-45-53-29-15-5-16-30-53)40-58(72-42-50-23-9-2-10-24-50)41-62(63)80-66(67)57-37-38-59(73-43-51-25-11-3-12-26-51)60(39-57)74-44-52-27-13-4-14-28-52/h2-41,49,65-70H,42-48H2,1H3/t49?,65-,66-,67+,68+,69?,70+/m1/s1. The van der Waals surface area contributed by atoms with Crippen LogP contribution in [0.2, 0.25) is 0 Å². The first-order valence-corrected chi connectivity index (χ1v) is 27.4. The van der Waals surface area contributed by atoms with Gasteiger partial charge in [-0.05, 0) is 63.6 Å². The average molecular weight is 1080 g/mol. The molecule has 0 aliphatic carbocycles. The van der Waals surface area contributed by atoms with Gasteiger partial charge >= 0.3 is 0 Å². The molecule has 0 radical (unpaired) electrons. The van der Waals surface area contributed by atoms with Crippen molar-refractivity contribution < 1.29 is 52.2 Å². The van der Waals surface area contributed by atoms with Crippen LogP contribution in [0.1, 0.15) is 67.9 Å². The van der Waals surface area contributed by atoms with E-state index in [2.05, 4.69) is 0 Å².